The lowest BCUT2D eigenvalue weighted by molar-refractivity contribution is -0.120. The van der Waals surface area contributed by atoms with Gasteiger partial charge < -0.3 is 9.88 Å². The maximum Gasteiger partial charge on any atom is 0.224 e. The van der Waals surface area contributed by atoms with Gasteiger partial charge in [-0.2, -0.15) is 0 Å². The Kier molecular flexibility index (Phi) is 5.84. The van der Waals surface area contributed by atoms with E-state index in [9.17, 15) is 9.18 Å². The SMILES string of the molecule is Cc1ncccc1-c1cc2cccnc2n1CCCNC(=O)Cc1ccccc1F. The lowest BCUT2D eigenvalue weighted by Gasteiger charge is -2.12. The molecule has 1 amide bonds. The summed E-state index contributed by atoms with van der Waals surface area (Å²) in [6.45, 7) is 3.20. The highest BCUT2D eigenvalue weighted by Gasteiger charge is 2.14. The van der Waals surface area contributed by atoms with E-state index in [4.69, 9.17) is 0 Å². The molecule has 1 N–H and O–H groups in total. The highest BCUT2D eigenvalue weighted by molar-refractivity contribution is 5.84. The summed E-state index contributed by atoms with van der Waals surface area (Å²) in [4.78, 5) is 21.1. The van der Waals surface area contributed by atoms with E-state index in [1.807, 2.05) is 25.1 Å². The van der Waals surface area contributed by atoms with Gasteiger partial charge >= 0.3 is 0 Å². The first-order valence-corrected chi connectivity index (χ1v) is 10.00. The third-order valence-corrected chi connectivity index (χ3v) is 5.13. The Balaban J connectivity index is 1.45. The molecule has 1 aromatic carbocycles. The van der Waals surface area contributed by atoms with Crippen LogP contribution in [0.2, 0.25) is 0 Å². The molecule has 0 unspecified atom stereocenters. The molecular weight excluding hydrogens is 379 g/mol. The predicted octanol–water partition coefficient (Wildman–Crippen LogP) is 4.29. The smallest absolute Gasteiger partial charge is 0.224 e. The van der Waals surface area contributed by atoms with Crippen LogP contribution in [0.25, 0.3) is 22.3 Å². The van der Waals surface area contributed by atoms with E-state index in [0.717, 1.165) is 34.4 Å². The molecule has 0 aliphatic rings. The third kappa shape index (κ3) is 4.22. The molecular formula is C24H23FN4O. The number of carbonyl (C=O) groups is 1. The normalized spacial score (nSPS) is 11.0. The Labute approximate surface area is 174 Å². The van der Waals surface area contributed by atoms with Crippen molar-refractivity contribution in [2.75, 3.05) is 6.54 Å². The molecule has 152 valence electrons. The fourth-order valence-electron chi connectivity index (χ4n) is 3.63. The van der Waals surface area contributed by atoms with Crippen LogP contribution in [0.5, 0.6) is 0 Å². The minimum absolute atomic E-state index is 0.0425. The van der Waals surface area contributed by atoms with Crippen molar-refractivity contribution in [2.45, 2.75) is 26.3 Å². The van der Waals surface area contributed by atoms with Crippen LogP contribution in [0.4, 0.5) is 4.39 Å². The molecule has 0 fully saturated rings. The van der Waals surface area contributed by atoms with Crippen molar-refractivity contribution in [3.8, 4) is 11.3 Å². The number of nitrogens with one attached hydrogen (secondary N) is 1. The van der Waals surface area contributed by atoms with Gasteiger partial charge in [-0.1, -0.05) is 18.2 Å². The summed E-state index contributed by atoms with van der Waals surface area (Å²) < 4.78 is 15.9. The van der Waals surface area contributed by atoms with E-state index in [1.54, 1.807) is 30.6 Å². The van der Waals surface area contributed by atoms with Crippen molar-refractivity contribution in [1.82, 2.24) is 19.9 Å². The molecule has 6 heteroatoms. The zero-order valence-electron chi connectivity index (χ0n) is 16.8. The number of hydrogen-bond donors (Lipinski definition) is 1. The number of pyridine rings is 2. The predicted molar refractivity (Wildman–Crippen MR) is 115 cm³/mol. The van der Waals surface area contributed by atoms with Crippen molar-refractivity contribution < 1.29 is 9.18 Å². The van der Waals surface area contributed by atoms with Gasteiger partial charge in [-0.3, -0.25) is 9.78 Å². The van der Waals surface area contributed by atoms with E-state index in [1.165, 1.54) is 6.07 Å². The molecule has 0 saturated carbocycles. The second kappa shape index (κ2) is 8.86. The Morgan fingerprint density at radius 2 is 1.87 bits per heavy atom. The van der Waals surface area contributed by atoms with Gasteiger partial charge in [0, 0.05) is 42.1 Å². The maximum absolute atomic E-state index is 13.7. The van der Waals surface area contributed by atoms with E-state index >= 15 is 0 Å². The quantitative estimate of drug-likeness (QED) is 0.469. The van der Waals surface area contributed by atoms with Crippen molar-refractivity contribution >= 4 is 16.9 Å². The number of halogens is 1. The molecule has 0 spiro atoms. The van der Waals surface area contributed by atoms with Gasteiger partial charge in [-0.25, -0.2) is 9.37 Å². The van der Waals surface area contributed by atoms with Crippen LogP contribution in [0.15, 0.2) is 67.0 Å². The van der Waals surface area contributed by atoms with Crippen molar-refractivity contribution in [1.29, 1.82) is 0 Å². The van der Waals surface area contributed by atoms with E-state index in [0.29, 0.717) is 18.7 Å². The highest BCUT2D eigenvalue weighted by atomic mass is 19.1. The van der Waals surface area contributed by atoms with Crippen molar-refractivity contribution in [2.24, 2.45) is 0 Å². The molecule has 0 saturated heterocycles. The molecule has 3 heterocycles. The molecule has 0 radical (unpaired) electrons. The standard InChI is InChI=1S/C24H23FN4O/c1-17-20(9-5-11-26-17)22-15-19-8-4-12-28-24(19)29(22)14-6-13-27-23(30)16-18-7-2-3-10-21(18)25/h2-5,7-12,15H,6,13-14,16H2,1H3,(H,27,30). The van der Waals surface area contributed by atoms with Gasteiger partial charge in [-0.15, -0.1) is 0 Å². The number of amides is 1. The summed E-state index contributed by atoms with van der Waals surface area (Å²) in [5.74, 6) is -0.534. The molecule has 0 atom stereocenters. The third-order valence-electron chi connectivity index (χ3n) is 5.13. The fraction of sp³-hybridized carbons (Fsp3) is 0.208. The summed E-state index contributed by atoms with van der Waals surface area (Å²) in [6, 6.07) is 16.4. The molecule has 5 nitrogen and oxygen atoms in total. The van der Waals surface area contributed by atoms with Gasteiger partial charge in [-0.05, 0) is 55.3 Å². The number of hydrogen-bond acceptors (Lipinski definition) is 3. The molecule has 4 aromatic rings. The average Bonchev–Trinajstić information content (AvgIpc) is 3.11. The number of benzene rings is 1. The van der Waals surface area contributed by atoms with E-state index in [-0.39, 0.29) is 18.1 Å². The Bertz CT molecular complexity index is 1180. The van der Waals surface area contributed by atoms with Crippen molar-refractivity contribution in [3.63, 3.8) is 0 Å². The van der Waals surface area contributed by atoms with Crippen LogP contribution < -0.4 is 5.32 Å². The minimum Gasteiger partial charge on any atom is -0.356 e. The lowest BCUT2D eigenvalue weighted by atomic mass is 10.1. The maximum atomic E-state index is 13.7. The Hall–Kier alpha value is -3.54. The summed E-state index contributed by atoms with van der Waals surface area (Å²) in [6.07, 6.45) is 4.35. The van der Waals surface area contributed by atoms with Crippen LogP contribution in [-0.2, 0) is 17.8 Å². The summed E-state index contributed by atoms with van der Waals surface area (Å²) >= 11 is 0. The summed E-state index contributed by atoms with van der Waals surface area (Å²) in [7, 11) is 0. The Morgan fingerprint density at radius 1 is 1.07 bits per heavy atom. The van der Waals surface area contributed by atoms with Crippen LogP contribution in [0, 0.1) is 12.7 Å². The van der Waals surface area contributed by atoms with Crippen molar-refractivity contribution in [3.05, 3.63) is 84.1 Å². The zero-order chi connectivity index (χ0) is 20.9. The number of aromatic nitrogens is 3. The van der Waals surface area contributed by atoms with Crippen LogP contribution >= 0.6 is 0 Å². The summed E-state index contributed by atoms with van der Waals surface area (Å²) in [5.41, 5.74) is 4.41. The highest BCUT2D eigenvalue weighted by Crippen LogP contribution is 2.28. The van der Waals surface area contributed by atoms with Gasteiger partial charge in [0.2, 0.25) is 5.91 Å². The molecule has 0 aliphatic carbocycles. The first kappa shape index (κ1) is 19.8. The van der Waals surface area contributed by atoms with Gasteiger partial charge in [0.05, 0.1) is 12.1 Å². The second-order valence-corrected chi connectivity index (χ2v) is 7.21. The monoisotopic (exact) mass is 402 g/mol. The summed E-state index contributed by atoms with van der Waals surface area (Å²) in [5, 5.41) is 3.96. The number of rotatable bonds is 7. The second-order valence-electron chi connectivity index (χ2n) is 7.21. The largest absolute Gasteiger partial charge is 0.356 e. The number of aryl methyl sites for hydroxylation is 2. The molecule has 0 aliphatic heterocycles. The minimum atomic E-state index is -0.353. The molecule has 0 bridgehead atoms. The average molecular weight is 402 g/mol. The van der Waals surface area contributed by atoms with E-state index < -0.39 is 0 Å². The lowest BCUT2D eigenvalue weighted by Crippen LogP contribution is -2.27. The molecule has 3 aromatic heterocycles. The van der Waals surface area contributed by atoms with Crippen LogP contribution in [0.1, 0.15) is 17.7 Å². The van der Waals surface area contributed by atoms with Gasteiger partial charge in [0.15, 0.2) is 0 Å². The first-order valence-electron chi connectivity index (χ1n) is 10.00. The topological polar surface area (TPSA) is 59.8 Å². The first-order chi connectivity index (χ1) is 14.6. The number of fused-ring (bicyclic) bond motifs is 1. The fourth-order valence-corrected chi connectivity index (χ4v) is 3.63. The van der Waals surface area contributed by atoms with Crippen LogP contribution in [0.3, 0.4) is 0 Å². The zero-order valence-corrected chi connectivity index (χ0v) is 16.8. The van der Waals surface area contributed by atoms with Crippen LogP contribution in [-0.4, -0.2) is 27.0 Å². The molecule has 4 rings (SSSR count). The van der Waals surface area contributed by atoms with Gasteiger partial charge in [0.1, 0.15) is 11.5 Å². The van der Waals surface area contributed by atoms with E-state index in [2.05, 4.69) is 32.0 Å². The molecule has 30 heavy (non-hydrogen) atoms. The number of carbonyl (C=O) groups excluding carboxylic acids is 1. The number of nitrogens with zero attached hydrogens (tertiary/aromatic N) is 3. The Morgan fingerprint density at radius 3 is 2.70 bits per heavy atom. The van der Waals surface area contributed by atoms with Gasteiger partial charge in [0.25, 0.3) is 0 Å².